The number of Topliss-reactive ketones (excluding diaryl/α,β-unsaturated/α-hetero) is 1. The second kappa shape index (κ2) is 19.4. The number of carboxylic acids is 2. The van der Waals surface area contributed by atoms with Crippen molar-refractivity contribution in [3.05, 3.63) is 100 Å². The standard InChI is InChI=1S/C40H46N4O10/c1-23-25(15-35(45)32-16-37(54-6)28(19-41-32)20-43-34(22-52-4)40(49)50)9-7-10-29(23)30-11-8-12-31(24(30)2)44-38(46)33-17-36(53-5)26(18-42-33)13-14-27(21-51-3)39(47)48/h7-12,16-19,27,34,43H,13-15,20-22H2,1-6H3,(H,44,46)(H,47,48)(H,49,50)/t27-,34-/m1/s1. The number of anilines is 1. The number of ketones is 1. The number of aliphatic carboxylic acids is 2. The summed E-state index contributed by atoms with van der Waals surface area (Å²) in [6.07, 6.45) is 3.79. The highest BCUT2D eigenvalue weighted by molar-refractivity contribution is 6.04. The van der Waals surface area contributed by atoms with Gasteiger partial charge in [-0.25, -0.2) is 0 Å². The summed E-state index contributed by atoms with van der Waals surface area (Å²) < 4.78 is 21.0. The number of nitrogens with zero attached hydrogens (tertiary/aromatic N) is 2. The number of carboxylic acid groups (broad SMARTS) is 2. The fourth-order valence-corrected chi connectivity index (χ4v) is 6.01. The van der Waals surface area contributed by atoms with E-state index in [4.69, 9.17) is 18.9 Å². The van der Waals surface area contributed by atoms with E-state index >= 15 is 0 Å². The van der Waals surface area contributed by atoms with Crippen LogP contribution in [0.1, 0.15) is 55.2 Å². The molecule has 0 aliphatic heterocycles. The zero-order valence-corrected chi connectivity index (χ0v) is 31.2. The van der Waals surface area contributed by atoms with Crippen molar-refractivity contribution in [2.45, 2.75) is 45.7 Å². The lowest BCUT2D eigenvalue weighted by Gasteiger charge is -2.17. The van der Waals surface area contributed by atoms with Gasteiger partial charge in [-0.05, 0) is 60.6 Å². The van der Waals surface area contributed by atoms with Crippen LogP contribution in [-0.4, -0.2) is 91.5 Å². The van der Waals surface area contributed by atoms with E-state index < -0.39 is 29.8 Å². The van der Waals surface area contributed by atoms with E-state index in [9.17, 15) is 29.4 Å². The van der Waals surface area contributed by atoms with E-state index in [1.54, 1.807) is 12.1 Å². The number of aryl methyl sites for hydroxylation is 1. The van der Waals surface area contributed by atoms with Crippen molar-refractivity contribution in [1.29, 1.82) is 0 Å². The minimum Gasteiger partial charge on any atom is -0.496 e. The fourth-order valence-electron chi connectivity index (χ4n) is 6.01. The zero-order valence-electron chi connectivity index (χ0n) is 31.2. The number of ether oxygens (including phenoxy) is 4. The predicted molar refractivity (Wildman–Crippen MR) is 200 cm³/mol. The molecule has 0 bridgehead atoms. The molecule has 286 valence electrons. The molecule has 54 heavy (non-hydrogen) atoms. The van der Waals surface area contributed by atoms with E-state index in [2.05, 4.69) is 20.6 Å². The first kappa shape index (κ1) is 41.1. The maximum atomic E-state index is 13.5. The molecular formula is C40H46N4O10. The predicted octanol–water partition coefficient (Wildman–Crippen LogP) is 4.92. The van der Waals surface area contributed by atoms with Crippen LogP contribution in [0.3, 0.4) is 0 Å². The van der Waals surface area contributed by atoms with Crippen LogP contribution < -0.4 is 20.1 Å². The first-order valence-corrected chi connectivity index (χ1v) is 17.2. The Hall–Kier alpha value is -5.70. The third-order valence-corrected chi connectivity index (χ3v) is 9.16. The lowest BCUT2D eigenvalue weighted by molar-refractivity contribution is -0.144. The topological polar surface area (TPSA) is 195 Å². The van der Waals surface area contributed by atoms with Crippen LogP contribution in [0.15, 0.2) is 60.9 Å². The van der Waals surface area contributed by atoms with Crippen molar-refractivity contribution in [3.8, 4) is 22.6 Å². The summed E-state index contributed by atoms with van der Waals surface area (Å²) in [5, 5.41) is 24.7. The van der Waals surface area contributed by atoms with Gasteiger partial charge < -0.3 is 34.5 Å². The maximum absolute atomic E-state index is 13.5. The molecule has 0 saturated carbocycles. The van der Waals surface area contributed by atoms with Crippen LogP contribution in [0.2, 0.25) is 0 Å². The molecule has 14 heteroatoms. The third kappa shape index (κ3) is 10.2. The van der Waals surface area contributed by atoms with Gasteiger partial charge in [-0.3, -0.25) is 34.5 Å². The lowest BCUT2D eigenvalue weighted by Crippen LogP contribution is -2.39. The van der Waals surface area contributed by atoms with Gasteiger partial charge in [0.1, 0.15) is 28.9 Å². The Bertz CT molecular complexity index is 1840. The summed E-state index contributed by atoms with van der Waals surface area (Å²) in [4.78, 5) is 58.6. The Balaban J connectivity index is 1.50. The number of rotatable bonds is 20. The summed E-state index contributed by atoms with van der Waals surface area (Å²) in [5.41, 5.74) is 6.45. The van der Waals surface area contributed by atoms with Gasteiger partial charge in [0, 0.05) is 68.5 Å². The lowest BCUT2D eigenvalue weighted by atomic mass is 9.91. The number of benzene rings is 2. The minimum absolute atomic E-state index is 0.0171. The Kier molecular flexibility index (Phi) is 14.7. The van der Waals surface area contributed by atoms with E-state index in [0.29, 0.717) is 41.2 Å². The molecule has 2 aromatic heterocycles. The molecule has 4 rings (SSSR count). The summed E-state index contributed by atoms with van der Waals surface area (Å²) in [6, 6.07) is 13.5. The summed E-state index contributed by atoms with van der Waals surface area (Å²) in [5.74, 6) is -2.52. The van der Waals surface area contributed by atoms with Crippen LogP contribution in [0.5, 0.6) is 11.5 Å². The molecule has 14 nitrogen and oxygen atoms in total. The van der Waals surface area contributed by atoms with Gasteiger partial charge in [0.2, 0.25) is 0 Å². The van der Waals surface area contributed by atoms with Crippen LogP contribution in [0.4, 0.5) is 5.69 Å². The zero-order chi connectivity index (χ0) is 39.4. The largest absolute Gasteiger partial charge is 0.496 e. The van der Waals surface area contributed by atoms with Crippen molar-refractivity contribution in [3.63, 3.8) is 0 Å². The maximum Gasteiger partial charge on any atom is 0.323 e. The molecule has 2 heterocycles. The number of nitrogens with one attached hydrogen (secondary N) is 2. The Morgan fingerprint density at radius 2 is 1.35 bits per heavy atom. The molecule has 0 spiro atoms. The number of carbonyl (C=O) groups excluding carboxylic acids is 2. The normalized spacial score (nSPS) is 12.1. The van der Waals surface area contributed by atoms with Crippen molar-refractivity contribution < 1.29 is 48.3 Å². The molecule has 0 unspecified atom stereocenters. The van der Waals surface area contributed by atoms with E-state index in [1.807, 2.05) is 44.2 Å². The average Bonchev–Trinajstić information content (AvgIpc) is 3.16. The monoisotopic (exact) mass is 742 g/mol. The SMILES string of the molecule is COC[C@@H](CCc1cnc(C(=O)Nc2cccc(-c3cccc(CC(=O)c4cc(OC)c(CN[C@H](COC)C(=O)O)cn4)c3C)c2C)cc1OC)C(=O)O. The van der Waals surface area contributed by atoms with Crippen LogP contribution in [-0.2, 0) is 38.4 Å². The molecule has 0 saturated heterocycles. The van der Waals surface area contributed by atoms with E-state index in [0.717, 1.165) is 27.8 Å². The van der Waals surface area contributed by atoms with Gasteiger partial charge in [0.15, 0.2) is 5.78 Å². The Morgan fingerprint density at radius 1 is 0.741 bits per heavy atom. The molecular weight excluding hydrogens is 696 g/mol. The van der Waals surface area contributed by atoms with Gasteiger partial charge >= 0.3 is 11.9 Å². The van der Waals surface area contributed by atoms with Crippen molar-refractivity contribution >= 4 is 29.3 Å². The van der Waals surface area contributed by atoms with Gasteiger partial charge in [-0.2, -0.15) is 0 Å². The minimum atomic E-state index is -1.05. The Labute approximate surface area is 313 Å². The first-order chi connectivity index (χ1) is 25.9. The molecule has 2 atom stereocenters. The highest BCUT2D eigenvalue weighted by Gasteiger charge is 2.22. The Morgan fingerprint density at radius 3 is 2.00 bits per heavy atom. The van der Waals surface area contributed by atoms with Gasteiger partial charge in [-0.15, -0.1) is 0 Å². The van der Waals surface area contributed by atoms with E-state index in [-0.39, 0.29) is 43.4 Å². The number of hydrogen-bond donors (Lipinski definition) is 4. The van der Waals surface area contributed by atoms with Gasteiger partial charge in [0.25, 0.3) is 5.91 Å². The van der Waals surface area contributed by atoms with Crippen molar-refractivity contribution in [2.24, 2.45) is 5.92 Å². The number of aromatic nitrogens is 2. The molecule has 2 aromatic carbocycles. The number of pyridine rings is 2. The second-order valence-corrected chi connectivity index (χ2v) is 12.6. The summed E-state index contributed by atoms with van der Waals surface area (Å²) in [7, 11) is 5.83. The number of methoxy groups -OCH3 is 4. The molecule has 0 aliphatic carbocycles. The molecule has 0 radical (unpaired) electrons. The smallest absolute Gasteiger partial charge is 0.323 e. The van der Waals surface area contributed by atoms with Crippen LogP contribution in [0.25, 0.3) is 11.1 Å². The molecule has 4 aromatic rings. The quantitative estimate of drug-likeness (QED) is 0.0892. The highest BCUT2D eigenvalue weighted by Crippen LogP contribution is 2.33. The molecule has 0 aliphatic rings. The highest BCUT2D eigenvalue weighted by atomic mass is 16.5. The first-order valence-electron chi connectivity index (χ1n) is 17.2. The number of hydrogen-bond acceptors (Lipinski definition) is 11. The van der Waals surface area contributed by atoms with Gasteiger partial charge in [-0.1, -0.05) is 30.3 Å². The number of amides is 1. The fraction of sp³-hybridized carbons (Fsp3) is 0.350. The van der Waals surface area contributed by atoms with Crippen LogP contribution >= 0.6 is 0 Å². The summed E-state index contributed by atoms with van der Waals surface area (Å²) >= 11 is 0. The molecule has 0 fully saturated rings. The van der Waals surface area contributed by atoms with Crippen molar-refractivity contribution in [1.82, 2.24) is 15.3 Å². The summed E-state index contributed by atoms with van der Waals surface area (Å²) in [6.45, 7) is 4.06. The van der Waals surface area contributed by atoms with Crippen LogP contribution in [0, 0.1) is 19.8 Å². The average molecular weight is 743 g/mol. The van der Waals surface area contributed by atoms with E-state index in [1.165, 1.54) is 46.9 Å². The third-order valence-electron chi connectivity index (χ3n) is 9.16. The number of carbonyl (C=O) groups is 4. The second-order valence-electron chi connectivity index (χ2n) is 12.6. The van der Waals surface area contributed by atoms with Gasteiger partial charge in [0.05, 0.1) is 33.4 Å². The van der Waals surface area contributed by atoms with Crippen molar-refractivity contribution in [2.75, 3.05) is 47.0 Å². The molecule has 4 N–H and O–H groups in total. The molecule has 1 amide bonds.